The molecular weight excluding hydrogens is 480 g/mol. The molecular formula is C19H19F6N3O4S. The lowest BCUT2D eigenvalue weighted by molar-refractivity contribution is -0.142. The molecule has 3 rings (SSSR count). The van der Waals surface area contributed by atoms with E-state index in [0.29, 0.717) is 10.7 Å². The number of methoxy groups -OCH3 is 1. The molecule has 0 bridgehead atoms. The van der Waals surface area contributed by atoms with Gasteiger partial charge in [-0.3, -0.25) is 0 Å². The minimum atomic E-state index is -4.95. The summed E-state index contributed by atoms with van der Waals surface area (Å²) < 4.78 is 111. The molecule has 0 unspecified atom stereocenters. The number of benzene rings is 1. The number of alkyl halides is 6. The maximum absolute atomic E-state index is 13.4. The zero-order chi connectivity index (χ0) is 24.8. The summed E-state index contributed by atoms with van der Waals surface area (Å²) in [4.78, 5) is 12.5. The molecule has 2 heterocycles. The van der Waals surface area contributed by atoms with E-state index in [0.717, 1.165) is 30.2 Å². The van der Waals surface area contributed by atoms with Gasteiger partial charge in [-0.1, -0.05) is 12.1 Å². The zero-order valence-electron chi connectivity index (χ0n) is 17.3. The largest absolute Gasteiger partial charge is 0.467 e. The van der Waals surface area contributed by atoms with Crippen LogP contribution >= 0.6 is 0 Å². The van der Waals surface area contributed by atoms with Crippen LogP contribution in [-0.2, 0) is 32.1 Å². The molecule has 7 nitrogen and oxygen atoms in total. The van der Waals surface area contributed by atoms with Gasteiger partial charge in [0.25, 0.3) is 0 Å². The van der Waals surface area contributed by atoms with Gasteiger partial charge >= 0.3 is 18.3 Å². The smallest absolute Gasteiger partial charge is 0.417 e. The van der Waals surface area contributed by atoms with Crippen molar-refractivity contribution < 1.29 is 44.3 Å². The van der Waals surface area contributed by atoms with Crippen LogP contribution in [0.2, 0.25) is 0 Å². The quantitative estimate of drug-likeness (QED) is 0.464. The Morgan fingerprint density at radius 1 is 1.18 bits per heavy atom. The number of sulfone groups is 1. The number of hydrogen-bond donors (Lipinski definition) is 0. The molecule has 33 heavy (non-hydrogen) atoms. The average molecular weight is 499 g/mol. The highest BCUT2D eigenvalue weighted by molar-refractivity contribution is 7.92. The van der Waals surface area contributed by atoms with Gasteiger partial charge in [-0.2, -0.15) is 31.4 Å². The number of esters is 1. The number of anilines is 1. The lowest BCUT2D eigenvalue weighted by Crippen LogP contribution is -2.39. The monoisotopic (exact) mass is 499 g/mol. The first-order chi connectivity index (χ1) is 15.1. The van der Waals surface area contributed by atoms with Gasteiger partial charge in [-0.05, 0) is 25.5 Å². The molecule has 1 saturated heterocycles. The molecule has 1 aromatic carbocycles. The molecule has 1 aliphatic heterocycles. The molecule has 0 amide bonds. The van der Waals surface area contributed by atoms with Gasteiger partial charge in [-0.25, -0.2) is 17.9 Å². The van der Waals surface area contributed by atoms with E-state index in [9.17, 15) is 39.6 Å². The van der Waals surface area contributed by atoms with Crippen LogP contribution in [0.25, 0.3) is 0 Å². The number of nitrogens with zero attached hydrogens (tertiary/aromatic N) is 3. The highest BCUT2D eigenvalue weighted by Gasteiger charge is 2.47. The fourth-order valence-electron chi connectivity index (χ4n) is 3.81. The molecule has 1 fully saturated rings. The highest BCUT2D eigenvalue weighted by atomic mass is 32.2. The molecule has 0 saturated carbocycles. The highest BCUT2D eigenvalue weighted by Crippen LogP contribution is 2.39. The minimum Gasteiger partial charge on any atom is -0.467 e. The first kappa shape index (κ1) is 24.9. The summed E-state index contributed by atoms with van der Waals surface area (Å²) in [7, 11) is -3.62. The summed E-state index contributed by atoms with van der Waals surface area (Å²) in [6.45, 7) is -0.625. The minimum absolute atomic E-state index is 0.173. The Balaban J connectivity index is 2.05. The summed E-state index contributed by atoms with van der Waals surface area (Å²) in [5.41, 5.74) is -1.19. The maximum Gasteiger partial charge on any atom is 0.417 e. The molecule has 0 spiro atoms. The molecule has 182 valence electrons. The standard InChI is InChI=1S/C19H19F6N3O4S/c1-11-7-16(28(26-11)10-18(20,21)22)27-9-12(8-14(27)17(29)32-2)33(30,31)15-6-4-3-5-13(15)19(23,24)25/h3-7,12,14H,8-10H2,1-2H3/t12-,14+/m1/s1. The summed E-state index contributed by atoms with van der Waals surface area (Å²) in [6, 6.07) is 3.51. The van der Waals surface area contributed by atoms with E-state index < -0.39 is 69.4 Å². The van der Waals surface area contributed by atoms with Gasteiger partial charge in [0.05, 0.1) is 28.5 Å². The second-order valence-corrected chi connectivity index (χ2v) is 9.70. The normalized spacial score (nSPS) is 19.7. The molecule has 0 N–H and O–H groups in total. The van der Waals surface area contributed by atoms with E-state index in [1.54, 1.807) is 0 Å². The predicted molar refractivity (Wildman–Crippen MR) is 103 cm³/mol. The third kappa shape index (κ3) is 5.09. The van der Waals surface area contributed by atoms with Crippen LogP contribution in [0.15, 0.2) is 35.2 Å². The Morgan fingerprint density at radius 3 is 2.39 bits per heavy atom. The molecule has 14 heteroatoms. The lowest BCUT2D eigenvalue weighted by Gasteiger charge is -2.25. The lowest BCUT2D eigenvalue weighted by atomic mass is 10.2. The fraction of sp³-hybridized carbons (Fsp3) is 0.474. The van der Waals surface area contributed by atoms with Crippen molar-refractivity contribution in [1.82, 2.24) is 9.78 Å². The van der Waals surface area contributed by atoms with Crippen molar-refractivity contribution in [3.05, 3.63) is 41.6 Å². The van der Waals surface area contributed by atoms with Crippen molar-refractivity contribution in [2.45, 2.75) is 48.4 Å². The van der Waals surface area contributed by atoms with Gasteiger partial charge in [0.15, 0.2) is 9.84 Å². The van der Waals surface area contributed by atoms with Crippen molar-refractivity contribution in [2.75, 3.05) is 18.6 Å². The van der Waals surface area contributed by atoms with E-state index >= 15 is 0 Å². The van der Waals surface area contributed by atoms with Gasteiger partial charge in [0, 0.05) is 12.6 Å². The van der Waals surface area contributed by atoms with E-state index in [1.165, 1.54) is 13.0 Å². The predicted octanol–water partition coefficient (Wildman–Crippen LogP) is 3.37. The fourth-order valence-corrected chi connectivity index (χ4v) is 5.72. The van der Waals surface area contributed by atoms with Gasteiger partial charge in [-0.15, -0.1) is 0 Å². The number of carbonyl (C=O) groups excluding carboxylic acids is 1. The third-order valence-corrected chi connectivity index (χ3v) is 7.37. The molecule has 1 aromatic heterocycles. The molecule has 2 aromatic rings. The summed E-state index contributed by atoms with van der Waals surface area (Å²) in [5.74, 6) is -1.13. The summed E-state index contributed by atoms with van der Waals surface area (Å²) in [6.07, 6.45) is -10.1. The second kappa shape index (κ2) is 8.54. The zero-order valence-corrected chi connectivity index (χ0v) is 18.1. The number of aromatic nitrogens is 2. The molecule has 2 atom stereocenters. The van der Waals surface area contributed by atoms with Gasteiger partial charge in [0.1, 0.15) is 18.4 Å². The van der Waals surface area contributed by atoms with Crippen molar-refractivity contribution in [3.63, 3.8) is 0 Å². The SMILES string of the molecule is COC(=O)[C@@H]1C[C@@H](S(=O)(=O)c2ccccc2C(F)(F)F)CN1c1cc(C)nn1CC(F)(F)F. The molecule has 0 radical (unpaired) electrons. The first-order valence-corrected chi connectivity index (χ1v) is 11.1. The van der Waals surface area contributed by atoms with Gasteiger partial charge in [0.2, 0.25) is 0 Å². The van der Waals surface area contributed by atoms with E-state index in [-0.39, 0.29) is 11.5 Å². The Labute approximate surface area is 184 Å². The van der Waals surface area contributed by atoms with Crippen molar-refractivity contribution in [3.8, 4) is 0 Å². The number of carbonyl (C=O) groups is 1. The maximum atomic E-state index is 13.4. The van der Waals surface area contributed by atoms with Crippen molar-refractivity contribution in [1.29, 1.82) is 0 Å². The Morgan fingerprint density at radius 2 is 1.82 bits per heavy atom. The van der Waals surface area contributed by atoms with Crippen LogP contribution in [-0.4, -0.2) is 55.3 Å². The average Bonchev–Trinajstić information content (AvgIpc) is 3.29. The third-order valence-electron chi connectivity index (χ3n) is 5.18. The topological polar surface area (TPSA) is 81.5 Å². The van der Waals surface area contributed by atoms with Crippen LogP contribution in [0.3, 0.4) is 0 Å². The number of aryl methyl sites for hydroxylation is 1. The number of halogens is 6. The Bertz CT molecular complexity index is 1140. The van der Waals surface area contributed by atoms with E-state index in [1.807, 2.05) is 0 Å². The summed E-state index contributed by atoms with van der Waals surface area (Å²) >= 11 is 0. The van der Waals surface area contributed by atoms with Crippen LogP contribution < -0.4 is 4.90 Å². The summed E-state index contributed by atoms with van der Waals surface area (Å²) in [5, 5.41) is 2.24. The number of rotatable bonds is 5. The molecule has 0 aliphatic carbocycles. The van der Waals surface area contributed by atoms with Gasteiger partial charge < -0.3 is 9.64 Å². The van der Waals surface area contributed by atoms with Crippen molar-refractivity contribution >= 4 is 21.6 Å². The van der Waals surface area contributed by atoms with E-state index in [4.69, 9.17) is 0 Å². The Hall–Kier alpha value is -2.77. The second-order valence-electron chi connectivity index (χ2n) is 7.50. The molecule has 1 aliphatic rings. The number of hydrogen-bond acceptors (Lipinski definition) is 6. The Kier molecular flexibility index (Phi) is 6.43. The van der Waals surface area contributed by atoms with Crippen molar-refractivity contribution in [2.24, 2.45) is 0 Å². The van der Waals surface area contributed by atoms with Crippen LogP contribution in [0.4, 0.5) is 32.2 Å². The van der Waals surface area contributed by atoms with E-state index in [2.05, 4.69) is 9.84 Å². The van der Waals surface area contributed by atoms with Crippen LogP contribution in [0.5, 0.6) is 0 Å². The van der Waals surface area contributed by atoms with Crippen LogP contribution in [0.1, 0.15) is 17.7 Å². The van der Waals surface area contributed by atoms with Crippen LogP contribution in [0, 0.1) is 6.92 Å². The first-order valence-electron chi connectivity index (χ1n) is 9.51. The number of ether oxygens (including phenoxy) is 1.